The zero-order valence-corrected chi connectivity index (χ0v) is 28.2. The number of allylic oxidation sites excluding steroid dienone is 2. The minimum atomic E-state index is -0.391. The van der Waals surface area contributed by atoms with Crippen LogP contribution in [0.1, 0.15) is 47.7 Å². The van der Waals surface area contributed by atoms with Crippen molar-refractivity contribution >= 4 is 78.9 Å². The van der Waals surface area contributed by atoms with Gasteiger partial charge in [-0.15, -0.1) is 16.4 Å². The summed E-state index contributed by atoms with van der Waals surface area (Å²) in [5.74, 6) is -0.556. The zero-order valence-electron chi connectivity index (χ0n) is 26.5. The molecule has 0 bridgehead atoms. The Morgan fingerprint density at radius 1 is 1.13 bits per heavy atom. The summed E-state index contributed by atoms with van der Waals surface area (Å²) >= 11 is 2.25. The number of carbonyl (C=O) groups is 3. The second kappa shape index (κ2) is 13.4. The van der Waals surface area contributed by atoms with E-state index in [1.807, 2.05) is 20.8 Å². The SMILES string of the molecule is CN=C(C)/C(C)=C1\C(=Nc2c(C)nnc3sc(C(=O)Nc4ccnc(C)c4)c(N)c23)SC(C(=O)NCCN(C)C(=O)C2CC2)=C1N. The number of nitrogen functional groups attached to an aromatic ring is 1. The van der Waals surface area contributed by atoms with Gasteiger partial charge in [0, 0.05) is 62.0 Å². The molecular formula is C31H36N10O3S2. The summed E-state index contributed by atoms with van der Waals surface area (Å²) < 4.78 is 0. The number of likely N-dealkylation sites (N-methyl/N-ethyl adjacent to an activating group) is 1. The van der Waals surface area contributed by atoms with E-state index < -0.39 is 5.91 Å². The van der Waals surface area contributed by atoms with E-state index in [-0.39, 0.29) is 45.4 Å². The van der Waals surface area contributed by atoms with E-state index in [1.54, 1.807) is 44.2 Å². The van der Waals surface area contributed by atoms with Crippen LogP contribution in [0.25, 0.3) is 10.2 Å². The van der Waals surface area contributed by atoms with Crippen molar-refractivity contribution in [3.63, 3.8) is 0 Å². The Balaban J connectivity index is 1.48. The molecule has 1 fully saturated rings. The first kappa shape index (κ1) is 32.8. The molecule has 0 radical (unpaired) electrons. The highest BCUT2D eigenvalue weighted by atomic mass is 32.2. The van der Waals surface area contributed by atoms with Crippen LogP contribution in [0.5, 0.6) is 0 Å². The lowest BCUT2D eigenvalue weighted by Gasteiger charge is -2.17. The summed E-state index contributed by atoms with van der Waals surface area (Å²) in [5, 5.41) is 15.3. The highest BCUT2D eigenvalue weighted by molar-refractivity contribution is 8.19. The summed E-state index contributed by atoms with van der Waals surface area (Å²) in [4.78, 5) is 55.0. The molecule has 15 heteroatoms. The molecule has 2 aliphatic rings. The van der Waals surface area contributed by atoms with Crippen molar-refractivity contribution in [2.45, 2.75) is 40.5 Å². The van der Waals surface area contributed by atoms with Crippen LogP contribution in [0.15, 0.2) is 50.1 Å². The van der Waals surface area contributed by atoms with E-state index in [4.69, 9.17) is 16.5 Å². The molecule has 5 rings (SSSR count). The number of nitrogens with zero attached hydrogens (tertiary/aromatic N) is 6. The molecular weight excluding hydrogens is 625 g/mol. The summed E-state index contributed by atoms with van der Waals surface area (Å²) in [5.41, 5.74) is 18.0. The number of fused-ring (bicyclic) bond motifs is 1. The molecule has 0 spiro atoms. The minimum Gasteiger partial charge on any atom is -0.397 e. The van der Waals surface area contributed by atoms with Crippen LogP contribution in [-0.2, 0) is 9.59 Å². The number of pyridine rings is 1. The monoisotopic (exact) mass is 660 g/mol. The fourth-order valence-corrected chi connectivity index (χ4v) is 6.87. The van der Waals surface area contributed by atoms with Crippen LogP contribution < -0.4 is 22.1 Å². The standard InChI is InChI=1S/C31H36N10O3S2/c1-14-13-19(9-10-35-14)37-28(43)26-23(33)21-24(17(4)39-40-30(21)46-26)38-29-20(15(2)16(3)34-5)22(32)25(45-29)27(42)36-11-12-41(6)31(44)18-7-8-18/h9-10,13,18H,7-8,11-12,32-33H2,1-6H3,(H,36,42)(H,35,37,43)/b20-15-,34-16?,38-29?. The lowest BCUT2D eigenvalue weighted by Crippen LogP contribution is -2.37. The molecule has 6 N–H and O–H groups in total. The number of aryl methyl sites for hydroxylation is 2. The van der Waals surface area contributed by atoms with E-state index in [0.29, 0.717) is 44.4 Å². The third-order valence-electron chi connectivity index (χ3n) is 7.79. The van der Waals surface area contributed by atoms with Gasteiger partial charge in [-0.25, -0.2) is 4.99 Å². The second-order valence-corrected chi connectivity index (χ2v) is 13.2. The second-order valence-electron chi connectivity index (χ2n) is 11.2. The molecule has 4 heterocycles. The van der Waals surface area contributed by atoms with Gasteiger partial charge in [-0.2, -0.15) is 5.10 Å². The number of amides is 3. The van der Waals surface area contributed by atoms with Crippen molar-refractivity contribution in [3.05, 3.63) is 56.3 Å². The average Bonchev–Trinajstić information content (AvgIpc) is 3.75. The van der Waals surface area contributed by atoms with E-state index in [0.717, 1.165) is 52.9 Å². The first-order chi connectivity index (χ1) is 21.9. The predicted octanol–water partition coefficient (Wildman–Crippen LogP) is 3.88. The van der Waals surface area contributed by atoms with Gasteiger partial charge in [0.15, 0.2) is 4.83 Å². The summed E-state index contributed by atoms with van der Waals surface area (Å²) in [6.45, 7) is 7.97. The van der Waals surface area contributed by atoms with Crippen LogP contribution in [0.3, 0.4) is 0 Å². The Bertz CT molecular complexity index is 1890. The summed E-state index contributed by atoms with van der Waals surface area (Å²) in [6, 6.07) is 3.46. The van der Waals surface area contributed by atoms with Crippen molar-refractivity contribution in [2.75, 3.05) is 38.2 Å². The van der Waals surface area contributed by atoms with Crippen molar-refractivity contribution in [1.29, 1.82) is 0 Å². The van der Waals surface area contributed by atoms with Crippen LogP contribution in [0.4, 0.5) is 17.1 Å². The van der Waals surface area contributed by atoms with Crippen molar-refractivity contribution in [2.24, 2.45) is 21.6 Å². The molecule has 3 aromatic rings. The number of anilines is 2. The number of aliphatic imine (C=N–C) groups is 2. The van der Waals surface area contributed by atoms with E-state index in [9.17, 15) is 14.4 Å². The third kappa shape index (κ3) is 6.65. The Labute approximate surface area is 274 Å². The quantitative estimate of drug-likeness (QED) is 0.246. The molecule has 1 aliphatic carbocycles. The van der Waals surface area contributed by atoms with Gasteiger partial charge in [0.05, 0.1) is 28.2 Å². The van der Waals surface area contributed by atoms with Crippen molar-refractivity contribution in [3.8, 4) is 0 Å². The van der Waals surface area contributed by atoms with E-state index in [2.05, 4.69) is 30.8 Å². The molecule has 240 valence electrons. The number of nitrogens with two attached hydrogens (primary N) is 2. The molecule has 3 amide bonds. The molecule has 13 nitrogen and oxygen atoms in total. The third-order valence-corrected chi connectivity index (χ3v) is 9.98. The van der Waals surface area contributed by atoms with Gasteiger partial charge in [-0.05, 0) is 58.2 Å². The number of carbonyl (C=O) groups excluding carboxylic acids is 3. The lowest BCUT2D eigenvalue weighted by molar-refractivity contribution is -0.131. The molecule has 1 aliphatic heterocycles. The molecule has 0 saturated heterocycles. The van der Waals surface area contributed by atoms with Gasteiger partial charge in [0.1, 0.15) is 14.8 Å². The number of aromatic nitrogens is 3. The Kier molecular flexibility index (Phi) is 9.53. The first-order valence-electron chi connectivity index (χ1n) is 14.6. The Morgan fingerprint density at radius 3 is 2.54 bits per heavy atom. The number of hydrogen-bond donors (Lipinski definition) is 4. The first-order valence-corrected chi connectivity index (χ1v) is 16.3. The number of thiophene rings is 1. The molecule has 0 unspecified atom stereocenters. The maximum atomic E-state index is 13.4. The molecule has 1 saturated carbocycles. The maximum absolute atomic E-state index is 13.4. The molecule has 0 aromatic carbocycles. The van der Waals surface area contributed by atoms with E-state index >= 15 is 0 Å². The van der Waals surface area contributed by atoms with Gasteiger partial charge < -0.3 is 27.0 Å². The van der Waals surface area contributed by atoms with Crippen LogP contribution >= 0.6 is 23.1 Å². The van der Waals surface area contributed by atoms with Gasteiger partial charge in [-0.3, -0.25) is 24.4 Å². The molecule has 3 aromatic heterocycles. The fourth-order valence-electron chi connectivity index (χ4n) is 4.86. The van der Waals surface area contributed by atoms with Crippen molar-refractivity contribution in [1.82, 2.24) is 25.4 Å². The minimum absolute atomic E-state index is 0.0984. The van der Waals surface area contributed by atoms with Crippen LogP contribution in [-0.4, -0.2) is 75.7 Å². The Hall–Kier alpha value is -4.63. The largest absolute Gasteiger partial charge is 0.397 e. The number of nitrogens with one attached hydrogen (secondary N) is 2. The lowest BCUT2D eigenvalue weighted by atomic mass is 10.0. The molecule has 46 heavy (non-hydrogen) atoms. The number of rotatable bonds is 9. The van der Waals surface area contributed by atoms with Crippen LogP contribution in [0.2, 0.25) is 0 Å². The van der Waals surface area contributed by atoms with E-state index in [1.165, 1.54) is 0 Å². The fraction of sp³-hybridized carbons (Fsp3) is 0.355. The van der Waals surface area contributed by atoms with Gasteiger partial charge in [0.25, 0.3) is 11.8 Å². The zero-order chi connectivity index (χ0) is 33.3. The summed E-state index contributed by atoms with van der Waals surface area (Å²) in [6.07, 6.45) is 3.45. The van der Waals surface area contributed by atoms with Crippen molar-refractivity contribution < 1.29 is 14.4 Å². The summed E-state index contributed by atoms with van der Waals surface area (Å²) in [7, 11) is 3.42. The van der Waals surface area contributed by atoms with Gasteiger partial charge >= 0.3 is 0 Å². The normalized spacial score (nSPS) is 17.1. The van der Waals surface area contributed by atoms with Gasteiger partial charge in [-0.1, -0.05) is 11.8 Å². The smallest absolute Gasteiger partial charge is 0.267 e. The number of hydrogen-bond acceptors (Lipinski definition) is 12. The Morgan fingerprint density at radius 2 is 1.87 bits per heavy atom. The number of thioether (sulfide) groups is 1. The molecule has 0 atom stereocenters. The van der Waals surface area contributed by atoms with Gasteiger partial charge in [0.2, 0.25) is 5.91 Å². The topological polar surface area (TPSA) is 194 Å². The highest BCUT2D eigenvalue weighted by Crippen LogP contribution is 2.44. The highest BCUT2D eigenvalue weighted by Gasteiger charge is 2.34. The van der Waals surface area contributed by atoms with Crippen LogP contribution in [0, 0.1) is 19.8 Å². The maximum Gasteiger partial charge on any atom is 0.267 e. The average molecular weight is 661 g/mol. The predicted molar refractivity (Wildman–Crippen MR) is 184 cm³/mol.